The number of nitriles is 1. The molecule has 0 spiro atoms. The van der Waals surface area contributed by atoms with Crippen LogP contribution in [0.3, 0.4) is 0 Å². The van der Waals surface area contributed by atoms with Crippen molar-refractivity contribution < 1.29 is 13.2 Å². The summed E-state index contributed by atoms with van der Waals surface area (Å²) in [5.74, 6) is 0. The Kier molecular flexibility index (Phi) is 4.76. The first-order chi connectivity index (χ1) is 7.97. The quantitative estimate of drug-likeness (QED) is 0.760. The molecule has 1 nitrogen and oxygen atoms in total. The van der Waals surface area contributed by atoms with E-state index >= 15 is 0 Å². The van der Waals surface area contributed by atoms with Gasteiger partial charge in [0.05, 0.1) is 17.2 Å². The van der Waals surface area contributed by atoms with Crippen LogP contribution in [0.4, 0.5) is 13.2 Å². The lowest BCUT2D eigenvalue weighted by Gasteiger charge is -2.07. The molecular formula is C12H9BrF3N. The van der Waals surface area contributed by atoms with Crippen LogP contribution >= 0.6 is 15.9 Å². The summed E-state index contributed by atoms with van der Waals surface area (Å²) in [6.45, 7) is 0. The van der Waals surface area contributed by atoms with Gasteiger partial charge in [0.25, 0.3) is 0 Å². The first-order valence-corrected chi connectivity index (χ1v) is 5.94. The largest absolute Gasteiger partial charge is 0.416 e. The van der Waals surface area contributed by atoms with E-state index in [-0.39, 0.29) is 5.56 Å². The number of rotatable bonds is 3. The average molecular weight is 304 g/mol. The van der Waals surface area contributed by atoms with Gasteiger partial charge in [-0.05, 0) is 30.2 Å². The number of halogens is 4. The van der Waals surface area contributed by atoms with E-state index in [1.165, 1.54) is 6.07 Å². The highest BCUT2D eigenvalue weighted by molar-refractivity contribution is 9.09. The first-order valence-electron chi connectivity index (χ1n) is 4.82. The Labute approximate surface area is 106 Å². The third-order valence-electron chi connectivity index (χ3n) is 2.00. The molecule has 0 heterocycles. The van der Waals surface area contributed by atoms with Gasteiger partial charge in [0.1, 0.15) is 0 Å². The maximum absolute atomic E-state index is 12.5. The molecule has 1 rings (SSSR count). The van der Waals surface area contributed by atoms with Gasteiger partial charge >= 0.3 is 6.18 Å². The van der Waals surface area contributed by atoms with Crippen molar-refractivity contribution in [1.82, 2.24) is 0 Å². The molecule has 0 bridgehead atoms. The topological polar surface area (TPSA) is 23.8 Å². The third-order valence-corrected chi connectivity index (χ3v) is 2.46. The molecule has 0 saturated carbocycles. The van der Waals surface area contributed by atoms with Crippen LogP contribution in [-0.2, 0) is 6.18 Å². The summed E-state index contributed by atoms with van der Waals surface area (Å²) in [5.41, 5.74) is -0.398. The van der Waals surface area contributed by atoms with Crippen LogP contribution in [0, 0.1) is 11.3 Å². The second-order valence-corrected chi connectivity index (χ2v) is 4.13. The Morgan fingerprint density at radius 2 is 2.00 bits per heavy atom. The van der Waals surface area contributed by atoms with Crippen LogP contribution in [0.1, 0.15) is 23.1 Å². The number of benzene rings is 1. The van der Waals surface area contributed by atoms with Crippen LogP contribution in [0.5, 0.6) is 0 Å². The van der Waals surface area contributed by atoms with Crippen molar-refractivity contribution in [2.45, 2.75) is 12.6 Å². The summed E-state index contributed by atoms with van der Waals surface area (Å²) < 4.78 is 37.6. The van der Waals surface area contributed by atoms with E-state index in [1.807, 2.05) is 0 Å². The summed E-state index contributed by atoms with van der Waals surface area (Å²) in [7, 11) is 0. The first kappa shape index (κ1) is 13.8. The predicted molar refractivity (Wildman–Crippen MR) is 63.6 cm³/mol. The Morgan fingerprint density at radius 1 is 1.29 bits per heavy atom. The van der Waals surface area contributed by atoms with Crippen molar-refractivity contribution in [2.75, 3.05) is 5.33 Å². The van der Waals surface area contributed by atoms with Crippen LogP contribution in [-0.4, -0.2) is 5.33 Å². The molecule has 0 aliphatic heterocycles. The van der Waals surface area contributed by atoms with E-state index < -0.39 is 11.7 Å². The number of hydrogen-bond acceptors (Lipinski definition) is 1. The zero-order valence-electron chi connectivity index (χ0n) is 8.76. The molecule has 0 aliphatic rings. The van der Waals surface area contributed by atoms with Gasteiger partial charge in [-0.1, -0.05) is 28.1 Å². The van der Waals surface area contributed by atoms with E-state index in [0.717, 1.165) is 23.9 Å². The molecule has 90 valence electrons. The normalized spacial score (nSPS) is 11.7. The molecule has 1 aromatic rings. The maximum atomic E-state index is 12.5. The van der Waals surface area contributed by atoms with E-state index in [9.17, 15) is 13.2 Å². The molecule has 0 aromatic heterocycles. The lowest BCUT2D eigenvalue weighted by atomic mass is 10.1. The van der Waals surface area contributed by atoms with Gasteiger partial charge < -0.3 is 0 Å². The van der Waals surface area contributed by atoms with Crippen molar-refractivity contribution in [1.29, 1.82) is 5.26 Å². The molecule has 0 radical (unpaired) electrons. The van der Waals surface area contributed by atoms with Gasteiger partial charge in [0.15, 0.2) is 0 Å². The van der Waals surface area contributed by atoms with Crippen molar-refractivity contribution in [3.63, 3.8) is 0 Å². The summed E-state index contributed by atoms with van der Waals surface area (Å²) in [6, 6.07) is 5.04. The fraction of sp³-hybridized carbons (Fsp3) is 0.250. The molecule has 0 saturated heterocycles. The fourth-order valence-corrected chi connectivity index (χ4v) is 1.52. The highest BCUT2D eigenvalue weighted by Crippen LogP contribution is 2.30. The predicted octanol–water partition coefficient (Wildman–Crippen LogP) is 4.38. The number of allylic oxidation sites excluding steroid dienone is 1. The van der Waals surface area contributed by atoms with Crippen molar-refractivity contribution in [2.24, 2.45) is 0 Å². The lowest BCUT2D eigenvalue weighted by molar-refractivity contribution is -0.137. The summed E-state index contributed by atoms with van der Waals surface area (Å²) >= 11 is 3.21. The molecule has 17 heavy (non-hydrogen) atoms. The molecule has 5 heteroatoms. The maximum Gasteiger partial charge on any atom is 0.416 e. The van der Waals surface area contributed by atoms with E-state index in [4.69, 9.17) is 5.26 Å². The molecule has 0 N–H and O–H groups in total. The minimum Gasteiger partial charge on any atom is -0.192 e. The van der Waals surface area contributed by atoms with Gasteiger partial charge in [0, 0.05) is 5.33 Å². The minimum absolute atomic E-state index is 0.0123. The highest BCUT2D eigenvalue weighted by atomic mass is 79.9. The smallest absolute Gasteiger partial charge is 0.192 e. The van der Waals surface area contributed by atoms with Crippen LogP contribution in [0.25, 0.3) is 6.08 Å². The Balaban J connectivity index is 3.11. The van der Waals surface area contributed by atoms with Gasteiger partial charge in [-0.25, -0.2) is 0 Å². The zero-order chi connectivity index (χ0) is 12.9. The Morgan fingerprint density at radius 3 is 2.53 bits per heavy atom. The SMILES string of the molecule is N#Cc1cc(C=CCCBr)cc(C(F)(F)F)c1. The standard InChI is InChI=1S/C12H9BrF3N/c13-4-2-1-3-9-5-10(8-17)7-11(6-9)12(14,15)16/h1,3,5-7H,2,4H2. The average Bonchev–Trinajstić information content (AvgIpc) is 2.28. The lowest BCUT2D eigenvalue weighted by Crippen LogP contribution is -2.05. The second kappa shape index (κ2) is 5.87. The van der Waals surface area contributed by atoms with Gasteiger partial charge in [-0.15, -0.1) is 0 Å². The third kappa shape index (κ3) is 4.23. The van der Waals surface area contributed by atoms with Crippen molar-refractivity contribution >= 4 is 22.0 Å². The number of alkyl halides is 4. The van der Waals surface area contributed by atoms with Crippen LogP contribution in [0.15, 0.2) is 24.3 Å². The van der Waals surface area contributed by atoms with Gasteiger partial charge in [0.2, 0.25) is 0 Å². The molecule has 0 unspecified atom stereocenters. The van der Waals surface area contributed by atoms with Crippen molar-refractivity contribution in [3.8, 4) is 6.07 Å². The molecule has 0 aliphatic carbocycles. The van der Waals surface area contributed by atoms with E-state index in [1.54, 1.807) is 18.2 Å². The summed E-state index contributed by atoms with van der Waals surface area (Å²) in [4.78, 5) is 0. The van der Waals surface area contributed by atoms with E-state index in [0.29, 0.717) is 5.56 Å². The van der Waals surface area contributed by atoms with Gasteiger partial charge in [-0.3, -0.25) is 0 Å². The molecule has 1 aromatic carbocycles. The van der Waals surface area contributed by atoms with Crippen LogP contribution in [0.2, 0.25) is 0 Å². The monoisotopic (exact) mass is 303 g/mol. The zero-order valence-corrected chi connectivity index (χ0v) is 10.3. The second-order valence-electron chi connectivity index (χ2n) is 3.33. The molecular weight excluding hydrogens is 295 g/mol. The highest BCUT2D eigenvalue weighted by Gasteiger charge is 2.30. The van der Waals surface area contributed by atoms with Crippen LogP contribution < -0.4 is 0 Å². The van der Waals surface area contributed by atoms with E-state index in [2.05, 4.69) is 15.9 Å². The molecule has 0 atom stereocenters. The Bertz CT molecular complexity index is 458. The minimum atomic E-state index is -4.43. The number of nitrogens with zero attached hydrogens (tertiary/aromatic N) is 1. The fourth-order valence-electron chi connectivity index (χ4n) is 1.26. The summed E-state index contributed by atoms with van der Waals surface area (Å²) in [5, 5.41) is 9.42. The molecule has 0 fully saturated rings. The summed E-state index contributed by atoms with van der Waals surface area (Å²) in [6.07, 6.45) is -0.369. The van der Waals surface area contributed by atoms with Gasteiger partial charge in [-0.2, -0.15) is 18.4 Å². The molecule has 0 amide bonds. The Hall–Kier alpha value is -1.28. The number of hydrogen-bond donors (Lipinski definition) is 0. The van der Waals surface area contributed by atoms with Crippen molar-refractivity contribution in [3.05, 3.63) is 41.0 Å².